The van der Waals surface area contributed by atoms with Crippen molar-refractivity contribution in [2.45, 2.75) is 119 Å². The first-order valence-electron chi connectivity index (χ1n) is 26.3. The maximum Gasteiger partial charge on any atom is 0.155 e. The molecule has 8 aromatic rings. The smallest absolute Gasteiger partial charge is 0.0624 e. The zero-order valence-electron chi connectivity index (χ0n) is 41.6. The van der Waals surface area contributed by atoms with Gasteiger partial charge in [0.05, 0.1) is 0 Å². The van der Waals surface area contributed by atoms with Crippen molar-refractivity contribution in [3.8, 4) is 33.4 Å². The van der Waals surface area contributed by atoms with Crippen molar-refractivity contribution >= 4 is 47.3 Å². The van der Waals surface area contributed by atoms with Crippen LogP contribution in [0.2, 0.25) is 10.1 Å². The van der Waals surface area contributed by atoms with Gasteiger partial charge in [0.25, 0.3) is 0 Å². The predicted octanol–water partition coefficient (Wildman–Crippen LogP) is 13.5. The maximum absolute atomic E-state index is 2.70. The monoisotopic (exact) mass is 926 g/mol. The molecule has 8 aromatic carbocycles. The van der Waals surface area contributed by atoms with E-state index in [1.165, 1.54) is 95.9 Å². The Morgan fingerprint density at radius 1 is 0.304 bits per heavy atom. The normalized spacial score (nSPS) is 26.2. The minimum atomic E-state index is -2.46. The van der Waals surface area contributed by atoms with Gasteiger partial charge < -0.3 is 0 Å². The number of benzene rings is 8. The van der Waals surface area contributed by atoms with Crippen LogP contribution in [0.3, 0.4) is 0 Å². The molecule has 4 unspecified atom stereocenters. The van der Waals surface area contributed by atoms with E-state index in [0.717, 1.165) is 0 Å². The lowest BCUT2D eigenvalue weighted by Crippen LogP contribution is -2.72. The third-order valence-electron chi connectivity index (χ3n) is 20.5. The van der Waals surface area contributed by atoms with Crippen LogP contribution in [0.25, 0.3) is 33.4 Å². The lowest BCUT2D eigenvalue weighted by Gasteiger charge is -2.54. The fraction of sp³-hybridized carbons (Fsp3) is 0.284. The summed E-state index contributed by atoms with van der Waals surface area (Å²) in [5.41, 5.74) is 14.3. The molecule has 5 aliphatic rings. The van der Waals surface area contributed by atoms with E-state index in [-0.39, 0.29) is 26.3 Å². The van der Waals surface area contributed by atoms with Gasteiger partial charge in [-0.2, -0.15) is 0 Å². The SMILES string of the molecule is CC1(C)c2cc(-c3ccc4c(c3)C3(C)CCCCC3(C)[Si]4(c3ccccc3)c3ccccc3)ccc2-c2ccc(-c3ccc4c(c3)C3(C)CCCCC3(C)[Si]4(c3ccccc3)c3ccccc3)cc21. The highest BCUT2D eigenvalue weighted by atomic mass is 28.3. The Morgan fingerprint density at radius 3 is 0.928 bits per heavy atom. The Kier molecular flexibility index (Phi) is 9.46. The van der Waals surface area contributed by atoms with Crippen LogP contribution in [0, 0.1) is 0 Å². The molecular formula is C67H66Si2. The molecular weight excluding hydrogens is 861 g/mol. The van der Waals surface area contributed by atoms with Crippen molar-refractivity contribution in [2.75, 3.05) is 0 Å². The highest BCUT2D eigenvalue weighted by Gasteiger charge is 2.70. The van der Waals surface area contributed by atoms with Gasteiger partial charge in [-0.1, -0.05) is 249 Å². The summed E-state index contributed by atoms with van der Waals surface area (Å²) in [7, 11) is -4.93. The summed E-state index contributed by atoms with van der Waals surface area (Å²) in [6.45, 7) is 15.6. The van der Waals surface area contributed by atoms with E-state index in [1.54, 1.807) is 42.2 Å². The van der Waals surface area contributed by atoms with Gasteiger partial charge in [0, 0.05) is 5.41 Å². The molecule has 0 nitrogen and oxygen atoms in total. The Balaban J connectivity index is 0.908. The van der Waals surface area contributed by atoms with E-state index in [1.807, 2.05) is 0 Å². The van der Waals surface area contributed by atoms with Gasteiger partial charge in [0.1, 0.15) is 0 Å². The predicted molar refractivity (Wildman–Crippen MR) is 298 cm³/mol. The minimum Gasteiger partial charge on any atom is -0.0624 e. The molecule has 0 N–H and O–H groups in total. The molecule has 2 heteroatoms. The zero-order chi connectivity index (χ0) is 47.0. The maximum atomic E-state index is 2.70. The van der Waals surface area contributed by atoms with Crippen LogP contribution in [0.1, 0.15) is 115 Å². The highest BCUT2D eigenvalue weighted by molar-refractivity contribution is 7.15. The van der Waals surface area contributed by atoms with Gasteiger partial charge in [-0.3, -0.25) is 0 Å². The largest absolute Gasteiger partial charge is 0.155 e. The van der Waals surface area contributed by atoms with E-state index in [4.69, 9.17) is 0 Å². The Labute approximate surface area is 413 Å². The van der Waals surface area contributed by atoms with Crippen LogP contribution in [-0.2, 0) is 16.2 Å². The first-order valence-corrected chi connectivity index (χ1v) is 30.3. The van der Waals surface area contributed by atoms with Gasteiger partial charge in [0.2, 0.25) is 0 Å². The Hall–Kier alpha value is -5.81. The molecule has 0 aromatic heterocycles. The molecule has 2 heterocycles. The average molecular weight is 927 g/mol. The van der Waals surface area contributed by atoms with Crippen molar-refractivity contribution < 1.29 is 0 Å². The quantitative estimate of drug-likeness (QED) is 0.146. The molecule has 69 heavy (non-hydrogen) atoms. The molecule has 2 saturated carbocycles. The van der Waals surface area contributed by atoms with Crippen molar-refractivity contribution in [1.29, 1.82) is 0 Å². The van der Waals surface area contributed by atoms with Crippen molar-refractivity contribution in [3.05, 3.63) is 216 Å². The first kappa shape index (κ1) is 43.2. The van der Waals surface area contributed by atoms with Crippen LogP contribution in [0.5, 0.6) is 0 Å². The summed E-state index contributed by atoms with van der Waals surface area (Å²) in [6, 6.07) is 77.2. The number of fused-ring (bicyclic) bond motifs is 9. The molecule has 13 rings (SSSR count). The van der Waals surface area contributed by atoms with Gasteiger partial charge >= 0.3 is 0 Å². The van der Waals surface area contributed by atoms with E-state index in [9.17, 15) is 0 Å². The number of rotatable bonds is 6. The van der Waals surface area contributed by atoms with Crippen LogP contribution in [-0.4, -0.2) is 16.1 Å². The minimum absolute atomic E-state index is 0.0918. The molecule has 0 radical (unpaired) electrons. The lowest BCUT2D eigenvalue weighted by atomic mass is 9.64. The summed E-state index contributed by atoms with van der Waals surface area (Å²) in [5, 5.41) is 9.83. The van der Waals surface area contributed by atoms with Crippen LogP contribution in [0.4, 0.5) is 0 Å². The topological polar surface area (TPSA) is 0 Å². The number of hydrogen-bond acceptors (Lipinski definition) is 0. The second-order valence-electron chi connectivity index (χ2n) is 23.4. The molecule has 342 valence electrons. The molecule has 0 spiro atoms. The fourth-order valence-electron chi connectivity index (χ4n) is 16.8. The van der Waals surface area contributed by atoms with E-state index < -0.39 is 16.1 Å². The van der Waals surface area contributed by atoms with Crippen molar-refractivity contribution in [1.82, 2.24) is 0 Å². The standard InChI is InChI=1S/C67H66Si2/c1-63(2)57-43-47(49-33-37-61-59(45-49)64(3)39-19-21-41-66(64,5)68(61,51-23-11-7-12-24-51)52-25-13-8-14-26-52)31-35-55(57)56-36-32-48(44-58(56)63)50-34-38-62-60(46-50)65(4)40-20-22-42-67(65,6)69(62,53-27-15-9-16-28-53)54-29-17-10-18-30-54/h7-18,23-38,43-46H,19-22,39-42H2,1-6H3. The Bertz CT molecular complexity index is 3020. The molecule has 0 bridgehead atoms. The molecule has 4 atom stereocenters. The fourth-order valence-corrected chi connectivity index (χ4v) is 30.6. The molecule has 2 aliphatic heterocycles. The lowest BCUT2D eigenvalue weighted by molar-refractivity contribution is 0.241. The summed E-state index contributed by atoms with van der Waals surface area (Å²) in [5.74, 6) is 0. The molecule has 2 fully saturated rings. The van der Waals surface area contributed by atoms with E-state index in [0.29, 0.717) is 0 Å². The third-order valence-corrected chi connectivity index (χ3v) is 32.7. The second kappa shape index (κ2) is 15.1. The first-order chi connectivity index (χ1) is 33.4. The second-order valence-corrected chi connectivity index (χ2v) is 32.0. The summed E-state index contributed by atoms with van der Waals surface area (Å²) < 4.78 is 0. The van der Waals surface area contributed by atoms with Crippen LogP contribution < -0.4 is 31.1 Å². The zero-order valence-corrected chi connectivity index (χ0v) is 43.6. The van der Waals surface area contributed by atoms with Crippen LogP contribution >= 0.6 is 0 Å². The summed E-state index contributed by atoms with van der Waals surface area (Å²) >= 11 is 0. The van der Waals surface area contributed by atoms with Gasteiger partial charge in [-0.25, -0.2) is 0 Å². The van der Waals surface area contributed by atoms with Gasteiger partial charge in [-0.15, -0.1) is 0 Å². The molecule has 0 amide bonds. The van der Waals surface area contributed by atoms with E-state index >= 15 is 0 Å². The van der Waals surface area contributed by atoms with Crippen LogP contribution in [0.15, 0.2) is 194 Å². The highest BCUT2D eigenvalue weighted by Crippen LogP contribution is 2.67. The number of hydrogen-bond donors (Lipinski definition) is 0. The summed E-state index contributed by atoms with van der Waals surface area (Å²) in [6.07, 6.45) is 10.2. The van der Waals surface area contributed by atoms with Crippen molar-refractivity contribution in [3.63, 3.8) is 0 Å². The average Bonchev–Trinajstić information content (AvgIpc) is 3.82. The van der Waals surface area contributed by atoms with Crippen molar-refractivity contribution in [2.24, 2.45) is 0 Å². The third kappa shape index (κ3) is 5.40. The Morgan fingerprint density at radius 2 is 0.594 bits per heavy atom. The van der Waals surface area contributed by atoms with E-state index in [2.05, 4.69) is 236 Å². The summed E-state index contributed by atoms with van der Waals surface area (Å²) in [4.78, 5) is 0. The molecule has 0 saturated heterocycles. The van der Waals surface area contributed by atoms with Gasteiger partial charge in [-0.05, 0) is 145 Å². The molecule has 3 aliphatic carbocycles. The van der Waals surface area contributed by atoms with Gasteiger partial charge in [0.15, 0.2) is 16.1 Å².